The van der Waals surface area contributed by atoms with Crippen molar-refractivity contribution < 1.29 is 14.5 Å². The van der Waals surface area contributed by atoms with Gasteiger partial charge in [-0.15, -0.1) is 0 Å². The lowest BCUT2D eigenvalue weighted by Crippen LogP contribution is -2.26. The van der Waals surface area contributed by atoms with Gasteiger partial charge in [-0.25, -0.2) is 4.98 Å². The van der Waals surface area contributed by atoms with Gasteiger partial charge in [0.15, 0.2) is 0 Å². The van der Waals surface area contributed by atoms with Crippen molar-refractivity contribution in [3.05, 3.63) is 52.6 Å². The maximum atomic E-state index is 12.3. The van der Waals surface area contributed by atoms with E-state index in [9.17, 15) is 14.9 Å². The van der Waals surface area contributed by atoms with E-state index in [1.807, 2.05) is 0 Å². The molecule has 8 heteroatoms. The number of rotatable bonds is 8. The lowest BCUT2D eigenvalue weighted by Gasteiger charge is -2.21. The summed E-state index contributed by atoms with van der Waals surface area (Å²) in [5, 5.41) is 14.2. The third-order valence-electron chi connectivity index (χ3n) is 4.73. The van der Waals surface area contributed by atoms with E-state index in [2.05, 4.69) is 10.3 Å². The number of imidazole rings is 1. The summed E-state index contributed by atoms with van der Waals surface area (Å²) in [6.07, 6.45) is 11.7. The predicted molar refractivity (Wildman–Crippen MR) is 100.0 cm³/mol. The highest BCUT2D eigenvalue weighted by Crippen LogP contribution is 2.24. The number of aromatic nitrogens is 2. The first-order valence-electron chi connectivity index (χ1n) is 9.32. The molecule has 1 saturated carbocycles. The third-order valence-corrected chi connectivity index (χ3v) is 4.73. The molecule has 1 amide bonds. The number of hydrogen-bond donors (Lipinski definition) is 1. The zero-order chi connectivity index (χ0) is 19.1. The number of ether oxygens (including phenoxy) is 1. The number of benzene rings is 1. The van der Waals surface area contributed by atoms with Crippen molar-refractivity contribution in [1.29, 1.82) is 0 Å². The van der Waals surface area contributed by atoms with E-state index in [1.165, 1.54) is 31.7 Å². The second kappa shape index (κ2) is 9.27. The van der Waals surface area contributed by atoms with Crippen LogP contribution in [0.3, 0.4) is 0 Å². The summed E-state index contributed by atoms with van der Waals surface area (Å²) in [5.74, 6) is -0.326. The van der Waals surface area contributed by atoms with Gasteiger partial charge >= 0.3 is 0 Å². The van der Waals surface area contributed by atoms with Crippen LogP contribution in [0.4, 0.5) is 5.69 Å². The predicted octanol–water partition coefficient (Wildman–Crippen LogP) is 3.25. The Bertz CT molecular complexity index is 770. The van der Waals surface area contributed by atoms with Crippen molar-refractivity contribution in [2.24, 2.45) is 0 Å². The molecule has 1 heterocycles. The summed E-state index contributed by atoms with van der Waals surface area (Å²) in [5.41, 5.74) is 0.495. The van der Waals surface area contributed by atoms with Gasteiger partial charge in [-0.1, -0.05) is 19.3 Å². The first-order chi connectivity index (χ1) is 13.1. The van der Waals surface area contributed by atoms with Gasteiger partial charge in [-0.2, -0.15) is 0 Å². The van der Waals surface area contributed by atoms with Crippen LogP contribution in [0.1, 0.15) is 48.9 Å². The summed E-state index contributed by atoms with van der Waals surface area (Å²) in [6.45, 7) is 1.09. The van der Waals surface area contributed by atoms with E-state index in [0.717, 1.165) is 19.3 Å². The number of nitro benzene ring substituents is 1. The Balaban J connectivity index is 1.52. The zero-order valence-corrected chi connectivity index (χ0v) is 15.2. The fourth-order valence-electron chi connectivity index (χ4n) is 3.29. The number of hydrogen-bond acceptors (Lipinski definition) is 5. The van der Waals surface area contributed by atoms with Crippen LogP contribution in [0.2, 0.25) is 0 Å². The van der Waals surface area contributed by atoms with Gasteiger partial charge in [-0.3, -0.25) is 14.9 Å². The third kappa shape index (κ3) is 5.13. The number of nitro groups is 1. The SMILES string of the molecule is O=C(NCCCOC1CCCCC1)c1ccc(-n2ccnc2)c([N+](=O)[O-])c1. The monoisotopic (exact) mass is 372 g/mol. The summed E-state index contributed by atoms with van der Waals surface area (Å²) in [4.78, 5) is 27.1. The lowest BCUT2D eigenvalue weighted by atomic mass is 9.98. The summed E-state index contributed by atoms with van der Waals surface area (Å²) in [6, 6.07) is 4.43. The van der Waals surface area contributed by atoms with Crippen molar-refractivity contribution in [2.75, 3.05) is 13.2 Å². The molecule has 1 aliphatic carbocycles. The van der Waals surface area contributed by atoms with Crippen molar-refractivity contribution in [2.45, 2.75) is 44.6 Å². The Labute approximate surface area is 157 Å². The van der Waals surface area contributed by atoms with Crippen molar-refractivity contribution in [1.82, 2.24) is 14.9 Å². The molecule has 0 radical (unpaired) electrons. The van der Waals surface area contributed by atoms with Gasteiger partial charge in [0.05, 0.1) is 17.4 Å². The smallest absolute Gasteiger partial charge is 0.294 e. The molecule has 1 aromatic heterocycles. The molecule has 0 saturated heterocycles. The van der Waals surface area contributed by atoms with Crippen LogP contribution in [0.15, 0.2) is 36.9 Å². The molecule has 0 atom stereocenters. The van der Waals surface area contributed by atoms with Gasteiger partial charge in [0, 0.05) is 37.2 Å². The topological polar surface area (TPSA) is 99.3 Å². The highest BCUT2D eigenvalue weighted by atomic mass is 16.6. The summed E-state index contributed by atoms with van der Waals surface area (Å²) in [7, 11) is 0. The van der Waals surface area contributed by atoms with Crippen LogP contribution >= 0.6 is 0 Å². The molecule has 0 aliphatic heterocycles. The minimum atomic E-state index is -0.496. The molecular weight excluding hydrogens is 348 g/mol. The molecule has 0 bridgehead atoms. The standard InChI is InChI=1S/C19H24N4O4/c24-19(21-9-4-12-27-16-5-2-1-3-6-16)15-7-8-17(18(13-15)23(25)26)22-11-10-20-14-22/h7-8,10-11,13-14,16H,1-6,9,12H2,(H,21,24). The van der Waals surface area contributed by atoms with Crippen LogP contribution in [-0.2, 0) is 4.74 Å². The Morgan fingerprint density at radius 3 is 2.85 bits per heavy atom. The highest BCUT2D eigenvalue weighted by Gasteiger charge is 2.18. The van der Waals surface area contributed by atoms with E-state index in [-0.39, 0.29) is 17.2 Å². The van der Waals surface area contributed by atoms with Crippen LogP contribution in [0.5, 0.6) is 0 Å². The average Bonchev–Trinajstić information content (AvgIpc) is 3.22. The van der Waals surface area contributed by atoms with Gasteiger partial charge in [0.25, 0.3) is 11.6 Å². The summed E-state index contributed by atoms with van der Waals surface area (Å²) < 4.78 is 7.37. The number of carbonyl (C=O) groups excluding carboxylic acids is 1. The van der Waals surface area contributed by atoms with Crippen molar-refractivity contribution in [3.8, 4) is 5.69 Å². The van der Waals surface area contributed by atoms with Crippen LogP contribution in [-0.4, -0.2) is 39.6 Å². The number of amides is 1. The minimum Gasteiger partial charge on any atom is -0.378 e. The molecule has 1 aliphatic rings. The van der Waals surface area contributed by atoms with Gasteiger partial charge < -0.3 is 14.6 Å². The van der Waals surface area contributed by atoms with E-state index >= 15 is 0 Å². The molecule has 144 valence electrons. The highest BCUT2D eigenvalue weighted by molar-refractivity contribution is 5.95. The van der Waals surface area contributed by atoms with Gasteiger partial charge in [-0.05, 0) is 31.4 Å². The fourth-order valence-corrected chi connectivity index (χ4v) is 3.29. The molecule has 1 aromatic carbocycles. The molecule has 0 spiro atoms. The number of nitrogens with one attached hydrogen (secondary N) is 1. The normalized spacial score (nSPS) is 14.8. The summed E-state index contributed by atoms with van der Waals surface area (Å²) >= 11 is 0. The maximum absolute atomic E-state index is 12.3. The Morgan fingerprint density at radius 2 is 2.15 bits per heavy atom. The fraction of sp³-hybridized carbons (Fsp3) is 0.474. The van der Waals surface area contributed by atoms with Gasteiger partial charge in [0.1, 0.15) is 5.69 Å². The largest absolute Gasteiger partial charge is 0.378 e. The van der Waals surface area contributed by atoms with E-state index in [4.69, 9.17) is 4.74 Å². The molecule has 1 N–H and O–H groups in total. The molecule has 2 aromatic rings. The maximum Gasteiger partial charge on any atom is 0.294 e. The first kappa shape index (κ1) is 19.0. The minimum absolute atomic E-state index is 0.138. The van der Waals surface area contributed by atoms with Crippen LogP contribution in [0, 0.1) is 10.1 Å². The molecule has 0 unspecified atom stereocenters. The molecule has 1 fully saturated rings. The van der Waals surface area contributed by atoms with Crippen LogP contribution < -0.4 is 5.32 Å². The molecule has 3 rings (SSSR count). The average molecular weight is 372 g/mol. The molecule has 27 heavy (non-hydrogen) atoms. The van der Waals surface area contributed by atoms with E-state index in [0.29, 0.717) is 24.9 Å². The number of nitrogens with zero attached hydrogens (tertiary/aromatic N) is 3. The van der Waals surface area contributed by atoms with Crippen molar-refractivity contribution in [3.63, 3.8) is 0 Å². The van der Waals surface area contributed by atoms with E-state index < -0.39 is 4.92 Å². The second-order valence-electron chi connectivity index (χ2n) is 6.67. The Kier molecular flexibility index (Phi) is 6.54. The molecule has 8 nitrogen and oxygen atoms in total. The van der Waals surface area contributed by atoms with Crippen LogP contribution in [0.25, 0.3) is 5.69 Å². The van der Waals surface area contributed by atoms with Gasteiger partial charge in [0.2, 0.25) is 0 Å². The number of carbonyl (C=O) groups is 1. The Hall–Kier alpha value is -2.74. The quantitative estimate of drug-likeness (QED) is 0.436. The lowest BCUT2D eigenvalue weighted by molar-refractivity contribution is -0.384. The zero-order valence-electron chi connectivity index (χ0n) is 15.2. The molecular formula is C19H24N4O4. The van der Waals surface area contributed by atoms with Crippen molar-refractivity contribution >= 4 is 11.6 Å². The second-order valence-corrected chi connectivity index (χ2v) is 6.67. The Morgan fingerprint density at radius 1 is 1.33 bits per heavy atom. The van der Waals surface area contributed by atoms with E-state index in [1.54, 1.807) is 29.1 Å². The first-order valence-corrected chi connectivity index (χ1v) is 9.32.